The Morgan fingerprint density at radius 3 is 2.21 bits per heavy atom. The van der Waals surface area contributed by atoms with Crippen LogP contribution in [0.5, 0.6) is 11.5 Å². The Balaban J connectivity index is 1.46. The van der Waals surface area contributed by atoms with Crippen LogP contribution in [-0.2, 0) is 10.0 Å². The van der Waals surface area contributed by atoms with Crippen LogP contribution >= 0.6 is 0 Å². The van der Waals surface area contributed by atoms with E-state index in [1.165, 1.54) is 41.7 Å². The quantitative estimate of drug-likeness (QED) is 0.291. The van der Waals surface area contributed by atoms with E-state index < -0.39 is 33.2 Å². The highest BCUT2D eigenvalue weighted by Crippen LogP contribution is 2.50. The first-order chi connectivity index (χ1) is 18.3. The molecule has 6 nitrogen and oxygen atoms in total. The van der Waals surface area contributed by atoms with Gasteiger partial charge in [0.05, 0.1) is 24.9 Å². The molecular weight excluding hydrogens is 505 g/mol. The van der Waals surface area contributed by atoms with Crippen LogP contribution in [0.25, 0.3) is 11.1 Å². The first kappa shape index (κ1) is 25.8. The van der Waals surface area contributed by atoms with Gasteiger partial charge in [-0.05, 0) is 65.9 Å². The highest BCUT2D eigenvalue weighted by atomic mass is 32.2. The predicted octanol–water partition coefficient (Wildman–Crippen LogP) is 5.98. The van der Waals surface area contributed by atoms with E-state index in [4.69, 9.17) is 4.74 Å². The molecular formula is C30H28FNO5S. The predicted molar refractivity (Wildman–Crippen MR) is 145 cm³/mol. The van der Waals surface area contributed by atoms with Crippen LogP contribution in [-0.4, -0.2) is 31.0 Å². The average Bonchev–Trinajstić information content (AvgIpc) is 2.93. The molecule has 0 spiro atoms. The Morgan fingerprint density at radius 1 is 0.921 bits per heavy atom. The summed E-state index contributed by atoms with van der Waals surface area (Å²) < 4.78 is 47.0. The number of methoxy groups -OCH3 is 1. The van der Waals surface area contributed by atoms with E-state index in [0.29, 0.717) is 22.6 Å². The summed E-state index contributed by atoms with van der Waals surface area (Å²) in [6.07, 6.45) is -0.644. The highest BCUT2D eigenvalue weighted by Gasteiger charge is 2.55. The number of hydrogen-bond acceptors (Lipinski definition) is 5. The molecule has 5 rings (SSSR count). The Morgan fingerprint density at radius 2 is 1.58 bits per heavy atom. The Labute approximate surface area is 221 Å². The maximum Gasteiger partial charge on any atom is 0.241 e. The lowest BCUT2D eigenvalue weighted by Crippen LogP contribution is -2.58. The van der Waals surface area contributed by atoms with Gasteiger partial charge in [0.15, 0.2) is 0 Å². The second kappa shape index (κ2) is 10.5. The summed E-state index contributed by atoms with van der Waals surface area (Å²) in [5, 5.41) is 20.6. The minimum atomic E-state index is -3.79. The summed E-state index contributed by atoms with van der Waals surface area (Å²) in [4.78, 5) is 0. The zero-order chi connectivity index (χ0) is 26.9. The summed E-state index contributed by atoms with van der Waals surface area (Å²) in [6, 6.07) is 26.7. The summed E-state index contributed by atoms with van der Waals surface area (Å²) in [5.74, 6) is -0.0267. The van der Waals surface area contributed by atoms with E-state index in [2.05, 4.69) is 0 Å². The average molecular weight is 534 g/mol. The van der Waals surface area contributed by atoms with Gasteiger partial charge in [0.2, 0.25) is 10.0 Å². The van der Waals surface area contributed by atoms with Crippen molar-refractivity contribution < 1.29 is 27.8 Å². The van der Waals surface area contributed by atoms with Crippen molar-refractivity contribution in [2.75, 3.05) is 11.4 Å². The number of phenols is 1. The number of hydrogen-bond donors (Lipinski definition) is 2. The van der Waals surface area contributed by atoms with Crippen LogP contribution < -0.4 is 9.04 Å². The third-order valence-electron chi connectivity index (χ3n) is 7.03. The van der Waals surface area contributed by atoms with Crippen molar-refractivity contribution in [3.05, 3.63) is 114 Å². The molecule has 4 aromatic rings. The lowest BCUT2D eigenvalue weighted by Gasteiger charge is -2.48. The normalized spacial score (nSPS) is 19.0. The highest BCUT2D eigenvalue weighted by molar-refractivity contribution is 7.95. The molecule has 1 fully saturated rings. The first-order valence-corrected chi connectivity index (χ1v) is 13.8. The number of aromatic hydroxyl groups is 1. The fourth-order valence-electron chi connectivity index (χ4n) is 5.00. The van der Waals surface area contributed by atoms with Crippen LogP contribution in [0.3, 0.4) is 0 Å². The number of halogens is 1. The summed E-state index contributed by atoms with van der Waals surface area (Å²) >= 11 is 0. The largest absolute Gasteiger partial charge is 0.507 e. The molecule has 196 valence electrons. The molecule has 0 radical (unpaired) electrons. The zero-order valence-electron chi connectivity index (χ0n) is 20.7. The van der Waals surface area contributed by atoms with Crippen molar-refractivity contribution in [3.8, 4) is 22.6 Å². The standard InChI is InChI=1S/C30H28FNO5S/c1-37-25-15-16-26(28(34)19-25)30-29(18-17-27(33)22-7-11-23(31)12-8-22)38(35,36)32(30)24-13-9-21(10-14-24)20-5-3-2-4-6-20/h2-16,19,27,29-30,33-34H,17-18H2,1H3/t27-,29+,30+/m0/s1. The summed E-state index contributed by atoms with van der Waals surface area (Å²) in [6.45, 7) is 0. The van der Waals surface area contributed by atoms with Gasteiger partial charge in [-0.2, -0.15) is 0 Å². The third kappa shape index (κ3) is 4.85. The second-order valence-corrected chi connectivity index (χ2v) is 11.3. The van der Waals surface area contributed by atoms with Gasteiger partial charge < -0.3 is 14.9 Å². The third-order valence-corrected chi connectivity index (χ3v) is 9.27. The van der Waals surface area contributed by atoms with Crippen LogP contribution in [0.4, 0.5) is 10.1 Å². The molecule has 1 saturated heterocycles. The number of sulfonamides is 1. The van der Waals surface area contributed by atoms with Crippen molar-refractivity contribution in [3.63, 3.8) is 0 Å². The van der Waals surface area contributed by atoms with Crippen molar-refractivity contribution in [2.24, 2.45) is 0 Å². The molecule has 0 amide bonds. The Kier molecular flexibility index (Phi) is 7.10. The molecule has 8 heteroatoms. The Hall–Kier alpha value is -3.88. The molecule has 1 aliphatic rings. The molecule has 4 aromatic carbocycles. The first-order valence-electron chi connectivity index (χ1n) is 12.3. The number of anilines is 1. The van der Waals surface area contributed by atoms with Crippen LogP contribution in [0.15, 0.2) is 97.1 Å². The van der Waals surface area contributed by atoms with Crippen LogP contribution in [0.2, 0.25) is 0 Å². The molecule has 38 heavy (non-hydrogen) atoms. The molecule has 1 aliphatic heterocycles. The number of aliphatic hydroxyl groups is 1. The molecule has 0 bridgehead atoms. The van der Waals surface area contributed by atoms with E-state index >= 15 is 0 Å². The number of aliphatic hydroxyl groups excluding tert-OH is 1. The number of benzene rings is 4. The molecule has 0 aromatic heterocycles. The number of nitrogens with zero attached hydrogens (tertiary/aromatic N) is 1. The number of ether oxygens (including phenoxy) is 1. The summed E-state index contributed by atoms with van der Waals surface area (Å²) in [5.41, 5.74) is 3.42. The molecule has 0 unspecified atom stereocenters. The molecule has 0 saturated carbocycles. The van der Waals surface area contributed by atoms with E-state index in [1.807, 2.05) is 42.5 Å². The second-order valence-electron chi connectivity index (χ2n) is 9.31. The minimum absolute atomic E-state index is 0.0701. The van der Waals surface area contributed by atoms with Gasteiger partial charge in [-0.15, -0.1) is 0 Å². The number of phenolic OH excluding ortho intramolecular Hbond substituents is 1. The van der Waals surface area contributed by atoms with Gasteiger partial charge in [-0.25, -0.2) is 12.8 Å². The Bertz CT molecular complexity index is 1510. The van der Waals surface area contributed by atoms with Crippen molar-refractivity contribution >= 4 is 15.7 Å². The van der Waals surface area contributed by atoms with Gasteiger partial charge in [0, 0.05) is 11.6 Å². The van der Waals surface area contributed by atoms with Crippen LogP contribution in [0, 0.1) is 5.82 Å². The minimum Gasteiger partial charge on any atom is -0.507 e. The van der Waals surface area contributed by atoms with Crippen molar-refractivity contribution in [1.29, 1.82) is 0 Å². The van der Waals surface area contributed by atoms with E-state index in [1.54, 1.807) is 24.3 Å². The van der Waals surface area contributed by atoms with Crippen molar-refractivity contribution in [1.82, 2.24) is 0 Å². The SMILES string of the molecule is COc1ccc([C@@H]2[C@@H](CC[C@H](O)c3ccc(F)cc3)S(=O)(=O)N2c2ccc(-c3ccccc3)cc2)c(O)c1. The zero-order valence-corrected chi connectivity index (χ0v) is 21.6. The van der Waals surface area contributed by atoms with Crippen molar-refractivity contribution in [2.45, 2.75) is 30.2 Å². The smallest absolute Gasteiger partial charge is 0.241 e. The van der Waals surface area contributed by atoms with Gasteiger partial charge in [-0.1, -0.05) is 54.6 Å². The molecule has 3 atom stereocenters. The lowest BCUT2D eigenvalue weighted by molar-refractivity contribution is 0.162. The van der Waals surface area contributed by atoms with E-state index in [9.17, 15) is 23.0 Å². The van der Waals surface area contributed by atoms with Crippen LogP contribution in [0.1, 0.15) is 36.1 Å². The number of rotatable bonds is 8. The maximum atomic E-state index is 13.6. The van der Waals surface area contributed by atoms with Gasteiger partial charge in [0.1, 0.15) is 22.6 Å². The molecule has 2 N–H and O–H groups in total. The van der Waals surface area contributed by atoms with Gasteiger partial charge in [0.25, 0.3) is 0 Å². The topological polar surface area (TPSA) is 87.1 Å². The van der Waals surface area contributed by atoms with E-state index in [0.717, 1.165) is 11.1 Å². The van der Waals surface area contributed by atoms with Gasteiger partial charge >= 0.3 is 0 Å². The summed E-state index contributed by atoms with van der Waals surface area (Å²) in [7, 11) is -2.30. The molecule has 0 aliphatic carbocycles. The lowest BCUT2D eigenvalue weighted by atomic mass is 9.95. The molecule has 1 heterocycles. The fraction of sp³-hybridized carbons (Fsp3) is 0.200. The maximum absolute atomic E-state index is 13.6. The van der Waals surface area contributed by atoms with E-state index in [-0.39, 0.29) is 18.6 Å². The fourth-order valence-corrected chi connectivity index (χ4v) is 7.12. The monoisotopic (exact) mass is 533 g/mol. The van der Waals surface area contributed by atoms with Gasteiger partial charge in [-0.3, -0.25) is 4.31 Å².